The van der Waals surface area contributed by atoms with E-state index >= 15 is 0 Å². The van der Waals surface area contributed by atoms with Crippen LogP contribution in [0.5, 0.6) is 0 Å². The Morgan fingerprint density at radius 1 is 1.25 bits per heavy atom. The number of rotatable bonds is 8. The summed E-state index contributed by atoms with van der Waals surface area (Å²) in [5.74, 6) is -0.485. The SMILES string of the molecule is CN(CCCNC(=O)[C@@H](c1ccccc1F)N(C)C)C1CCCC1. The van der Waals surface area contributed by atoms with Crippen LogP contribution in [0, 0.1) is 5.82 Å². The molecule has 5 heteroatoms. The number of hydrogen-bond donors (Lipinski definition) is 1. The van der Waals surface area contributed by atoms with Crippen LogP contribution in [0.15, 0.2) is 24.3 Å². The Hall–Kier alpha value is -1.46. The van der Waals surface area contributed by atoms with Gasteiger partial charge >= 0.3 is 0 Å². The van der Waals surface area contributed by atoms with E-state index in [0.29, 0.717) is 18.2 Å². The molecule has 0 saturated heterocycles. The number of amides is 1. The van der Waals surface area contributed by atoms with Gasteiger partial charge in [-0.3, -0.25) is 9.69 Å². The zero-order valence-corrected chi connectivity index (χ0v) is 15.1. The lowest BCUT2D eigenvalue weighted by Crippen LogP contribution is -2.39. The minimum Gasteiger partial charge on any atom is -0.354 e. The molecular weight excluding hydrogens is 305 g/mol. The molecule has 1 amide bonds. The molecule has 0 bridgehead atoms. The van der Waals surface area contributed by atoms with Gasteiger partial charge in [-0.25, -0.2) is 4.39 Å². The van der Waals surface area contributed by atoms with Crippen LogP contribution in [-0.2, 0) is 4.79 Å². The Bertz CT molecular complexity index is 529. The maximum Gasteiger partial charge on any atom is 0.242 e. The Morgan fingerprint density at radius 3 is 2.54 bits per heavy atom. The number of halogens is 1. The van der Waals surface area contributed by atoms with Crippen LogP contribution < -0.4 is 5.32 Å². The van der Waals surface area contributed by atoms with E-state index in [4.69, 9.17) is 0 Å². The van der Waals surface area contributed by atoms with Gasteiger partial charge in [-0.1, -0.05) is 31.0 Å². The number of carbonyl (C=O) groups is 1. The molecule has 0 spiro atoms. The summed E-state index contributed by atoms with van der Waals surface area (Å²) in [5, 5.41) is 2.96. The molecule has 1 aromatic carbocycles. The average molecular weight is 335 g/mol. The van der Waals surface area contributed by atoms with E-state index in [1.165, 1.54) is 31.7 Å². The highest BCUT2D eigenvalue weighted by Gasteiger charge is 2.25. The van der Waals surface area contributed by atoms with Crippen molar-refractivity contribution in [2.75, 3.05) is 34.2 Å². The van der Waals surface area contributed by atoms with Crippen LogP contribution in [0.3, 0.4) is 0 Å². The van der Waals surface area contributed by atoms with Gasteiger partial charge < -0.3 is 10.2 Å². The summed E-state index contributed by atoms with van der Waals surface area (Å²) in [4.78, 5) is 16.7. The Balaban J connectivity index is 1.82. The second kappa shape index (κ2) is 9.14. The fourth-order valence-corrected chi connectivity index (χ4v) is 3.52. The van der Waals surface area contributed by atoms with E-state index in [0.717, 1.165) is 13.0 Å². The third-order valence-corrected chi connectivity index (χ3v) is 4.90. The van der Waals surface area contributed by atoms with Crippen molar-refractivity contribution in [3.05, 3.63) is 35.6 Å². The quantitative estimate of drug-likeness (QED) is 0.742. The molecule has 0 aliphatic heterocycles. The number of nitrogens with zero attached hydrogens (tertiary/aromatic N) is 2. The second-order valence-electron chi connectivity index (χ2n) is 6.95. The molecule has 2 rings (SSSR count). The molecule has 4 nitrogen and oxygen atoms in total. The van der Waals surface area contributed by atoms with Crippen molar-refractivity contribution < 1.29 is 9.18 Å². The maximum absolute atomic E-state index is 14.0. The van der Waals surface area contributed by atoms with Crippen LogP contribution >= 0.6 is 0 Å². The van der Waals surface area contributed by atoms with Gasteiger partial charge in [-0.2, -0.15) is 0 Å². The first-order valence-electron chi connectivity index (χ1n) is 8.89. The highest BCUT2D eigenvalue weighted by Crippen LogP contribution is 2.23. The van der Waals surface area contributed by atoms with E-state index in [1.54, 1.807) is 37.2 Å². The standard InChI is InChI=1S/C19H30FN3O/c1-22(2)18(16-11-6-7-12-17(16)20)19(24)21-13-8-14-23(3)15-9-4-5-10-15/h6-7,11-12,15,18H,4-5,8-10,13-14H2,1-3H3,(H,21,24)/t18-/m1/s1. The topological polar surface area (TPSA) is 35.6 Å². The maximum atomic E-state index is 14.0. The molecule has 1 atom stereocenters. The lowest BCUT2D eigenvalue weighted by Gasteiger charge is -2.25. The lowest BCUT2D eigenvalue weighted by atomic mass is 10.0. The Labute approximate surface area is 145 Å². The van der Waals surface area contributed by atoms with Crippen LogP contribution in [0.4, 0.5) is 4.39 Å². The summed E-state index contributed by atoms with van der Waals surface area (Å²) in [6.07, 6.45) is 6.16. The van der Waals surface area contributed by atoms with Gasteiger partial charge in [0, 0.05) is 18.2 Å². The number of benzene rings is 1. The van der Waals surface area contributed by atoms with Gasteiger partial charge in [-0.05, 0) is 53.0 Å². The molecule has 0 radical (unpaired) electrons. The third kappa shape index (κ3) is 5.02. The molecular formula is C19H30FN3O. The Morgan fingerprint density at radius 2 is 1.92 bits per heavy atom. The summed E-state index contributed by atoms with van der Waals surface area (Å²) in [7, 11) is 5.76. The van der Waals surface area contributed by atoms with Crippen molar-refractivity contribution in [2.24, 2.45) is 0 Å². The largest absolute Gasteiger partial charge is 0.354 e. The van der Waals surface area contributed by atoms with Gasteiger partial charge in [-0.15, -0.1) is 0 Å². The molecule has 0 heterocycles. The average Bonchev–Trinajstić information content (AvgIpc) is 3.07. The number of likely N-dealkylation sites (N-methyl/N-ethyl adjacent to an activating group) is 1. The molecule has 1 N–H and O–H groups in total. The number of nitrogens with one attached hydrogen (secondary N) is 1. The number of carbonyl (C=O) groups excluding carboxylic acids is 1. The molecule has 0 unspecified atom stereocenters. The Kier molecular flexibility index (Phi) is 7.18. The minimum atomic E-state index is -0.598. The van der Waals surface area contributed by atoms with Crippen LogP contribution in [-0.4, -0.2) is 56.0 Å². The van der Waals surface area contributed by atoms with Crippen molar-refractivity contribution in [3.8, 4) is 0 Å². The lowest BCUT2D eigenvalue weighted by molar-refractivity contribution is -0.125. The van der Waals surface area contributed by atoms with Crippen LogP contribution in [0.25, 0.3) is 0 Å². The van der Waals surface area contributed by atoms with Crippen molar-refractivity contribution in [1.29, 1.82) is 0 Å². The van der Waals surface area contributed by atoms with Crippen molar-refractivity contribution >= 4 is 5.91 Å². The van der Waals surface area contributed by atoms with E-state index in [1.807, 2.05) is 0 Å². The van der Waals surface area contributed by atoms with E-state index in [9.17, 15) is 9.18 Å². The first-order valence-corrected chi connectivity index (χ1v) is 8.89. The van der Waals surface area contributed by atoms with E-state index in [-0.39, 0.29) is 11.7 Å². The molecule has 134 valence electrons. The van der Waals surface area contributed by atoms with Crippen molar-refractivity contribution in [2.45, 2.75) is 44.2 Å². The normalized spacial score (nSPS) is 16.8. The third-order valence-electron chi connectivity index (χ3n) is 4.90. The second-order valence-corrected chi connectivity index (χ2v) is 6.95. The smallest absolute Gasteiger partial charge is 0.242 e. The van der Waals surface area contributed by atoms with Crippen LogP contribution in [0.2, 0.25) is 0 Å². The fraction of sp³-hybridized carbons (Fsp3) is 0.632. The van der Waals surface area contributed by atoms with Gasteiger partial charge in [0.1, 0.15) is 11.9 Å². The van der Waals surface area contributed by atoms with Gasteiger partial charge in [0.25, 0.3) is 0 Å². The zero-order chi connectivity index (χ0) is 17.5. The highest BCUT2D eigenvalue weighted by atomic mass is 19.1. The van der Waals surface area contributed by atoms with Crippen molar-refractivity contribution in [1.82, 2.24) is 15.1 Å². The molecule has 1 fully saturated rings. The van der Waals surface area contributed by atoms with Crippen LogP contribution in [0.1, 0.15) is 43.7 Å². The molecule has 24 heavy (non-hydrogen) atoms. The molecule has 1 saturated carbocycles. The minimum absolute atomic E-state index is 0.145. The summed E-state index contributed by atoms with van der Waals surface area (Å²) in [6.45, 7) is 1.60. The summed E-state index contributed by atoms with van der Waals surface area (Å²) in [6, 6.07) is 6.58. The van der Waals surface area contributed by atoms with Gasteiger partial charge in [0.2, 0.25) is 5.91 Å². The molecule has 1 aliphatic rings. The monoisotopic (exact) mass is 335 g/mol. The number of hydrogen-bond acceptors (Lipinski definition) is 3. The summed E-state index contributed by atoms with van der Waals surface area (Å²) in [5.41, 5.74) is 0.420. The molecule has 0 aromatic heterocycles. The molecule has 1 aromatic rings. The highest BCUT2D eigenvalue weighted by molar-refractivity contribution is 5.83. The molecule has 1 aliphatic carbocycles. The summed E-state index contributed by atoms with van der Waals surface area (Å²) < 4.78 is 14.0. The first kappa shape index (κ1) is 18.9. The fourth-order valence-electron chi connectivity index (χ4n) is 3.52. The van der Waals surface area contributed by atoms with E-state index in [2.05, 4.69) is 17.3 Å². The van der Waals surface area contributed by atoms with E-state index < -0.39 is 6.04 Å². The van der Waals surface area contributed by atoms with Gasteiger partial charge in [0.15, 0.2) is 0 Å². The van der Waals surface area contributed by atoms with Gasteiger partial charge in [0.05, 0.1) is 0 Å². The van der Waals surface area contributed by atoms with Crippen molar-refractivity contribution in [3.63, 3.8) is 0 Å². The first-order chi connectivity index (χ1) is 11.5. The predicted octanol–water partition coefficient (Wildman–Crippen LogP) is 2.81. The predicted molar refractivity (Wildman–Crippen MR) is 95.3 cm³/mol. The zero-order valence-electron chi connectivity index (χ0n) is 15.1. The summed E-state index contributed by atoms with van der Waals surface area (Å²) >= 11 is 0.